The predicted molar refractivity (Wildman–Crippen MR) is 359 cm³/mol. The fraction of sp³-hybridized carbons (Fsp3) is 0.935. The topological polar surface area (TPSA) is 25.8 Å². The molecule has 0 fully saturated rings. The van der Waals surface area contributed by atoms with Gasteiger partial charge in [-0.3, -0.25) is 0 Å². The van der Waals surface area contributed by atoms with Gasteiger partial charge in [-0.1, -0.05) is 425 Å². The lowest BCUT2D eigenvalue weighted by atomic mass is 9.96. The molecule has 0 aliphatic heterocycles. The van der Waals surface area contributed by atoms with Gasteiger partial charge in [-0.2, -0.15) is 0 Å². The van der Waals surface area contributed by atoms with Crippen LogP contribution in [0.15, 0.2) is 0 Å². The first kappa shape index (κ1) is 76.1. The second kappa shape index (κ2) is 66.2. The van der Waals surface area contributed by atoms with Crippen LogP contribution < -0.4 is 0 Å². The van der Waals surface area contributed by atoms with Crippen molar-refractivity contribution >= 4 is 0 Å². The molecule has 0 aromatic carbocycles. The number of hydrogen-bond acceptors (Lipinski definition) is 2. The van der Waals surface area contributed by atoms with E-state index >= 15 is 0 Å². The molecule has 0 spiro atoms. The lowest BCUT2D eigenvalue weighted by molar-refractivity contribution is 0.518. The van der Waals surface area contributed by atoms with Crippen LogP contribution in [0, 0.1) is 6.92 Å². The zero-order valence-corrected chi connectivity index (χ0v) is 55.4. The number of hydrogen-bond donors (Lipinski definition) is 0. The van der Waals surface area contributed by atoms with Gasteiger partial charge in [0.15, 0.2) is 0 Å². The van der Waals surface area contributed by atoms with E-state index in [1.54, 1.807) is 0 Å². The molecule has 0 N–H and O–H groups in total. The van der Waals surface area contributed by atoms with Crippen molar-refractivity contribution in [1.82, 2.24) is 9.97 Å². The SMILES string of the molecule is [CH2]c1nc(CCCCCCCCCCCCCCCCCCCCCCCC)c(CCCCCCCCCCCCCCCCCCCCCCCC)c(CCCCCCCCCCCCCCCCCCCCCCCC)n1. The van der Waals surface area contributed by atoms with Crippen LogP contribution in [-0.2, 0) is 19.3 Å². The highest BCUT2D eigenvalue weighted by Crippen LogP contribution is 2.24. The van der Waals surface area contributed by atoms with Crippen molar-refractivity contribution in [3.05, 3.63) is 29.7 Å². The number of aromatic nitrogens is 2. The molecule has 1 aromatic rings. The van der Waals surface area contributed by atoms with E-state index < -0.39 is 0 Å². The minimum atomic E-state index is 0.778. The van der Waals surface area contributed by atoms with Gasteiger partial charge in [0, 0.05) is 18.3 Å². The highest BCUT2D eigenvalue weighted by Gasteiger charge is 2.14. The molecule has 79 heavy (non-hydrogen) atoms. The van der Waals surface area contributed by atoms with Crippen LogP contribution in [0.5, 0.6) is 0 Å². The number of aryl methyl sites for hydroxylation is 2. The van der Waals surface area contributed by atoms with Gasteiger partial charge in [-0.15, -0.1) is 0 Å². The van der Waals surface area contributed by atoms with E-state index in [4.69, 9.17) is 9.97 Å². The van der Waals surface area contributed by atoms with Gasteiger partial charge < -0.3 is 0 Å². The first-order valence-electron chi connectivity index (χ1n) is 37.9. The van der Waals surface area contributed by atoms with Gasteiger partial charge in [0.05, 0.1) is 0 Å². The minimum absolute atomic E-state index is 0.778. The summed E-state index contributed by atoms with van der Waals surface area (Å²) >= 11 is 0. The Hall–Kier alpha value is -0.920. The van der Waals surface area contributed by atoms with Crippen molar-refractivity contribution in [2.75, 3.05) is 0 Å². The molecule has 2 nitrogen and oxygen atoms in total. The van der Waals surface area contributed by atoms with Gasteiger partial charge in [0.25, 0.3) is 0 Å². The largest absolute Gasteiger partial charge is 0.238 e. The molecular weight excluding hydrogens is 953 g/mol. The number of nitrogens with zero attached hydrogens (tertiary/aromatic N) is 2. The molecule has 0 atom stereocenters. The summed E-state index contributed by atoms with van der Waals surface area (Å²) in [7, 11) is 0. The fourth-order valence-electron chi connectivity index (χ4n) is 13.1. The van der Waals surface area contributed by atoms with Gasteiger partial charge in [-0.05, 0) is 44.1 Å². The summed E-state index contributed by atoms with van der Waals surface area (Å²) in [6.45, 7) is 11.3. The molecule has 1 heterocycles. The summed E-state index contributed by atoms with van der Waals surface area (Å²) in [6.07, 6.45) is 98.7. The monoisotopic (exact) mass is 1100 g/mol. The Morgan fingerprint density at radius 3 is 0.456 bits per heavy atom. The second-order valence-corrected chi connectivity index (χ2v) is 26.5. The Bertz CT molecular complexity index is 1200. The molecular formula is C77H149N2. The smallest absolute Gasteiger partial charge is 0.129 e. The van der Waals surface area contributed by atoms with Crippen molar-refractivity contribution < 1.29 is 0 Å². The zero-order chi connectivity index (χ0) is 56.5. The Labute approximate surface area is 501 Å². The van der Waals surface area contributed by atoms with Crippen LogP contribution in [0.1, 0.15) is 467 Å². The summed E-state index contributed by atoms with van der Waals surface area (Å²) < 4.78 is 0. The van der Waals surface area contributed by atoms with E-state index in [-0.39, 0.29) is 0 Å². The average molecular weight is 1100 g/mol. The summed E-state index contributed by atoms with van der Waals surface area (Å²) in [5, 5.41) is 0. The highest BCUT2D eigenvalue weighted by atomic mass is 14.9. The summed E-state index contributed by atoms with van der Waals surface area (Å²) in [5.74, 6) is 0.778. The van der Waals surface area contributed by atoms with Crippen LogP contribution in [0.25, 0.3) is 0 Å². The predicted octanol–water partition coefficient (Wildman–Crippen LogP) is 28.1. The van der Waals surface area contributed by atoms with Crippen LogP contribution in [0.4, 0.5) is 0 Å². The maximum atomic E-state index is 5.08. The first-order chi connectivity index (χ1) is 39.2. The Kier molecular flexibility index (Phi) is 63.8. The third kappa shape index (κ3) is 57.3. The Morgan fingerprint density at radius 2 is 0.304 bits per heavy atom. The molecule has 0 amide bonds. The van der Waals surface area contributed by atoms with Crippen molar-refractivity contribution in [3.8, 4) is 0 Å². The van der Waals surface area contributed by atoms with Crippen LogP contribution in [0.3, 0.4) is 0 Å². The lowest BCUT2D eigenvalue weighted by Gasteiger charge is -2.15. The van der Waals surface area contributed by atoms with E-state index in [2.05, 4.69) is 27.7 Å². The van der Waals surface area contributed by atoms with Crippen LogP contribution in [0.2, 0.25) is 0 Å². The third-order valence-electron chi connectivity index (χ3n) is 18.5. The van der Waals surface area contributed by atoms with Crippen molar-refractivity contribution in [2.24, 2.45) is 0 Å². The maximum Gasteiger partial charge on any atom is 0.129 e. The molecule has 0 bridgehead atoms. The first-order valence-corrected chi connectivity index (χ1v) is 37.9. The molecule has 0 aliphatic rings. The van der Waals surface area contributed by atoms with E-state index in [1.165, 1.54) is 447 Å². The maximum absolute atomic E-state index is 5.08. The molecule has 0 unspecified atom stereocenters. The van der Waals surface area contributed by atoms with Gasteiger partial charge >= 0.3 is 0 Å². The quantitative estimate of drug-likeness (QED) is 0.0608. The minimum Gasteiger partial charge on any atom is -0.238 e. The Balaban J connectivity index is 2.29. The molecule has 2 heteroatoms. The molecule has 0 saturated heterocycles. The van der Waals surface area contributed by atoms with E-state index in [0.717, 1.165) is 18.7 Å². The molecule has 467 valence electrons. The molecule has 1 radical (unpaired) electrons. The zero-order valence-electron chi connectivity index (χ0n) is 55.4. The van der Waals surface area contributed by atoms with Gasteiger partial charge in [0.1, 0.15) is 5.82 Å². The average Bonchev–Trinajstić information content (AvgIpc) is 3.46. The molecule has 1 aromatic heterocycles. The van der Waals surface area contributed by atoms with E-state index in [9.17, 15) is 0 Å². The summed E-state index contributed by atoms with van der Waals surface area (Å²) in [5.41, 5.74) is 4.27. The van der Waals surface area contributed by atoms with E-state index in [1.807, 2.05) is 0 Å². The van der Waals surface area contributed by atoms with Gasteiger partial charge in [-0.25, -0.2) is 9.97 Å². The fourth-order valence-corrected chi connectivity index (χ4v) is 13.1. The lowest BCUT2D eigenvalue weighted by Crippen LogP contribution is -2.09. The normalized spacial score (nSPS) is 11.7. The van der Waals surface area contributed by atoms with E-state index in [0.29, 0.717) is 0 Å². The summed E-state index contributed by atoms with van der Waals surface area (Å²) in [6, 6.07) is 0. The second-order valence-electron chi connectivity index (χ2n) is 26.5. The third-order valence-corrected chi connectivity index (χ3v) is 18.5. The van der Waals surface area contributed by atoms with Crippen molar-refractivity contribution in [1.29, 1.82) is 0 Å². The highest BCUT2D eigenvalue weighted by molar-refractivity contribution is 5.28. The van der Waals surface area contributed by atoms with Crippen molar-refractivity contribution in [2.45, 2.75) is 464 Å². The van der Waals surface area contributed by atoms with Gasteiger partial charge in [0.2, 0.25) is 0 Å². The molecule has 1 rings (SSSR count). The Morgan fingerprint density at radius 1 is 0.177 bits per heavy atom. The molecule has 0 aliphatic carbocycles. The van der Waals surface area contributed by atoms with Crippen LogP contribution in [-0.4, -0.2) is 9.97 Å². The van der Waals surface area contributed by atoms with Crippen LogP contribution >= 0.6 is 0 Å². The standard InChI is InChI=1S/C77H149N2/c1-5-8-11-14-17-20-23-26-29-32-35-38-41-44-47-50-53-56-59-62-65-68-71-75-76(72-69-66-63-60-57-54-51-48-45-42-39-36-33-30-27-24-21-18-15-12-9-6-2)78-74(4)79-77(75)73-70-67-64-61-58-55-52-49-46-43-40-37-34-31-28-25-22-19-16-13-10-7-3/h4-73H2,1-3H3. The summed E-state index contributed by atoms with van der Waals surface area (Å²) in [4.78, 5) is 10.2. The van der Waals surface area contributed by atoms with Crippen molar-refractivity contribution in [3.63, 3.8) is 0 Å². The number of rotatable bonds is 69. The number of unbranched alkanes of at least 4 members (excludes halogenated alkanes) is 63. The molecule has 0 saturated carbocycles.